The molecule has 0 bridgehead atoms. The van der Waals surface area contributed by atoms with Crippen molar-refractivity contribution in [3.63, 3.8) is 0 Å². The Morgan fingerprint density at radius 1 is 1.17 bits per heavy atom. The molecule has 0 radical (unpaired) electrons. The number of hydrogen-bond donors (Lipinski definition) is 0. The van der Waals surface area contributed by atoms with Crippen LogP contribution in [0.1, 0.15) is 41.3 Å². The van der Waals surface area contributed by atoms with Crippen molar-refractivity contribution in [2.75, 3.05) is 26.7 Å². The molecule has 24 heavy (non-hydrogen) atoms. The van der Waals surface area contributed by atoms with Crippen LogP contribution in [-0.4, -0.2) is 46.0 Å². The molecule has 0 N–H and O–H groups in total. The molecule has 3 heterocycles. The van der Waals surface area contributed by atoms with Gasteiger partial charge in [-0.2, -0.15) is 0 Å². The minimum absolute atomic E-state index is 1.05. The van der Waals surface area contributed by atoms with Crippen LogP contribution in [0.4, 0.5) is 0 Å². The quantitative estimate of drug-likeness (QED) is 0.731. The molecule has 1 fully saturated rings. The van der Waals surface area contributed by atoms with Gasteiger partial charge in [-0.3, -0.25) is 4.90 Å². The smallest absolute Gasteiger partial charge is 0.108 e. The van der Waals surface area contributed by atoms with Gasteiger partial charge in [0.15, 0.2) is 0 Å². The second-order valence-corrected chi connectivity index (χ2v) is 8.25. The van der Waals surface area contributed by atoms with Crippen LogP contribution in [0.2, 0.25) is 0 Å². The summed E-state index contributed by atoms with van der Waals surface area (Å²) in [7, 11) is 4.30. The van der Waals surface area contributed by atoms with E-state index in [1.807, 2.05) is 23.7 Å². The first-order valence-corrected chi connectivity index (χ1v) is 9.97. The van der Waals surface area contributed by atoms with Crippen LogP contribution in [0.15, 0.2) is 24.5 Å². The minimum Gasteiger partial charge on any atom is -0.338 e. The fourth-order valence-electron chi connectivity index (χ4n) is 3.42. The fourth-order valence-corrected chi connectivity index (χ4v) is 4.56. The first-order chi connectivity index (χ1) is 11.7. The van der Waals surface area contributed by atoms with Crippen molar-refractivity contribution < 1.29 is 0 Å². The molecule has 5 heteroatoms. The van der Waals surface area contributed by atoms with Crippen LogP contribution in [0.5, 0.6) is 0 Å². The monoisotopic (exact) mass is 346 g/mol. The molecule has 0 atom stereocenters. The summed E-state index contributed by atoms with van der Waals surface area (Å²) in [6.45, 7) is 5.88. The van der Waals surface area contributed by atoms with E-state index in [2.05, 4.69) is 45.6 Å². The topological polar surface area (TPSA) is 24.3 Å². The lowest BCUT2D eigenvalue weighted by molar-refractivity contribution is 0.222. The van der Waals surface area contributed by atoms with Gasteiger partial charge in [0, 0.05) is 48.7 Å². The van der Waals surface area contributed by atoms with E-state index in [1.165, 1.54) is 47.9 Å². The SMILES string of the molecule is CN(CCCc1nccn1C)Cc1ccc(CN2CCCCC2)s1. The van der Waals surface area contributed by atoms with Crippen molar-refractivity contribution >= 4 is 11.3 Å². The number of aromatic nitrogens is 2. The molecule has 0 amide bonds. The number of thiophene rings is 1. The molecule has 4 nitrogen and oxygen atoms in total. The van der Waals surface area contributed by atoms with Gasteiger partial charge in [0.25, 0.3) is 0 Å². The van der Waals surface area contributed by atoms with Crippen LogP contribution in [0, 0.1) is 0 Å². The molecule has 1 aliphatic heterocycles. The highest BCUT2D eigenvalue weighted by Gasteiger charge is 2.12. The third-order valence-electron chi connectivity index (χ3n) is 4.83. The van der Waals surface area contributed by atoms with E-state index in [4.69, 9.17) is 0 Å². The average Bonchev–Trinajstić information content (AvgIpc) is 3.18. The van der Waals surface area contributed by atoms with Crippen molar-refractivity contribution in [1.29, 1.82) is 0 Å². The van der Waals surface area contributed by atoms with Gasteiger partial charge in [-0.1, -0.05) is 6.42 Å². The molecule has 2 aromatic heterocycles. The predicted molar refractivity (Wildman–Crippen MR) is 101 cm³/mol. The number of imidazole rings is 1. The zero-order valence-electron chi connectivity index (χ0n) is 15.1. The Balaban J connectivity index is 1.39. The van der Waals surface area contributed by atoms with Gasteiger partial charge in [0.1, 0.15) is 5.82 Å². The first kappa shape index (κ1) is 17.6. The Kier molecular flexibility index (Phi) is 6.46. The number of piperidine rings is 1. The highest BCUT2D eigenvalue weighted by molar-refractivity contribution is 7.11. The summed E-state index contributed by atoms with van der Waals surface area (Å²) < 4.78 is 2.12. The zero-order chi connectivity index (χ0) is 16.8. The molecular weight excluding hydrogens is 316 g/mol. The van der Waals surface area contributed by atoms with Gasteiger partial charge in [0.05, 0.1) is 0 Å². The Morgan fingerprint density at radius 3 is 2.71 bits per heavy atom. The van der Waals surface area contributed by atoms with Crippen LogP contribution in [0.25, 0.3) is 0 Å². The number of likely N-dealkylation sites (tertiary alicyclic amines) is 1. The molecule has 3 rings (SSSR count). The van der Waals surface area contributed by atoms with Crippen molar-refractivity contribution in [2.45, 2.75) is 45.2 Å². The van der Waals surface area contributed by atoms with Gasteiger partial charge in [-0.05, 0) is 58.1 Å². The molecule has 1 saturated heterocycles. The molecule has 132 valence electrons. The number of aryl methyl sites for hydroxylation is 2. The second kappa shape index (κ2) is 8.79. The molecule has 0 aliphatic carbocycles. The van der Waals surface area contributed by atoms with Gasteiger partial charge >= 0.3 is 0 Å². The second-order valence-electron chi connectivity index (χ2n) is 7.00. The molecule has 0 unspecified atom stereocenters. The summed E-state index contributed by atoms with van der Waals surface area (Å²) in [5.74, 6) is 1.18. The van der Waals surface area contributed by atoms with E-state index in [1.54, 1.807) is 0 Å². The van der Waals surface area contributed by atoms with Gasteiger partial charge < -0.3 is 9.47 Å². The Labute approximate surface area is 150 Å². The fraction of sp³-hybridized carbons (Fsp3) is 0.632. The normalized spacial score (nSPS) is 16.1. The number of nitrogens with zero attached hydrogens (tertiary/aromatic N) is 4. The highest BCUT2D eigenvalue weighted by Crippen LogP contribution is 2.21. The van der Waals surface area contributed by atoms with E-state index in [-0.39, 0.29) is 0 Å². The van der Waals surface area contributed by atoms with E-state index in [0.29, 0.717) is 0 Å². The minimum atomic E-state index is 1.05. The molecule has 0 saturated carbocycles. The molecule has 1 aliphatic rings. The molecule has 2 aromatic rings. The summed E-state index contributed by atoms with van der Waals surface area (Å²) in [5, 5.41) is 0. The molecule has 0 aromatic carbocycles. The number of hydrogen-bond acceptors (Lipinski definition) is 4. The molecular formula is C19H30N4S. The zero-order valence-corrected chi connectivity index (χ0v) is 15.9. The van der Waals surface area contributed by atoms with Crippen molar-refractivity contribution in [1.82, 2.24) is 19.4 Å². The summed E-state index contributed by atoms with van der Waals surface area (Å²) >= 11 is 1.99. The van der Waals surface area contributed by atoms with Gasteiger partial charge in [-0.25, -0.2) is 4.98 Å². The lowest BCUT2D eigenvalue weighted by Crippen LogP contribution is -2.28. The lowest BCUT2D eigenvalue weighted by Gasteiger charge is -2.25. The van der Waals surface area contributed by atoms with Crippen LogP contribution in [0.3, 0.4) is 0 Å². The summed E-state index contributed by atoms with van der Waals surface area (Å²) in [6.07, 6.45) is 10.3. The van der Waals surface area contributed by atoms with Crippen molar-refractivity contribution in [3.8, 4) is 0 Å². The Morgan fingerprint density at radius 2 is 1.96 bits per heavy atom. The maximum Gasteiger partial charge on any atom is 0.108 e. The van der Waals surface area contributed by atoms with E-state index >= 15 is 0 Å². The average molecular weight is 347 g/mol. The summed E-state index contributed by atoms with van der Waals surface area (Å²) in [6, 6.07) is 4.65. The lowest BCUT2D eigenvalue weighted by atomic mass is 10.1. The largest absolute Gasteiger partial charge is 0.338 e. The van der Waals surface area contributed by atoms with E-state index in [0.717, 1.165) is 32.5 Å². The van der Waals surface area contributed by atoms with Gasteiger partial charge in [-0.15, -0.1) is 11.3 Å². The van der Waals surface area contributed by atoms with Crippen LogP contribution >= 0.6 is 11.3 Å². The predicted octanol–water partition coefficient (Wildman–Crippen LogP) is 3.53. The maximum atomic E-state index is 4.40. The van der Waals surface area contributed by atoms with Crippen molar-refractivity contribution in [3.05, 3.63) is 40.1 Å². The summed E-state index contributed by atoms with van der Waals surface area (Å²) in [4.78, 5) is 12.4. The van der Waals surface area contributed by atoms with Gasteiger partial charge in [0.2, 0.25) is 0 Å². The van der Waals surface area contributed by atoms with Crippen molar-refractivity contribution in [2.24, 2.45) is 7.05 Å². The third kappa shape index (κ3) is 5.16. The van der Waals surface area contributed by atoms with E-state index in [9.17, 15) is 0 Å². The molecule has 0 spiro atoms. The first-order valence-electron chi connectivity index (χ1n) is 9.15. The van der Waals surface area contributed by atoms with Crippen LogP contribution in [-0.2, 0) is 26.6 Å². The van der Waals surface area contributed by atoms with Crippen LogP contribution < -0.4 is 0 Å². The number of rotatable bonds is 8. The summed E-state index contributed by atoms with van der Waals surface area (Å²) in [5.41, 5.74) is 0. The third-order valence-corrected chi connectivity index (χ3v) is 5.89. The highest BCUT2D eigenvalue weighted by atomic mass is 32.1. The van der Waals surface area contributed by atoms with E-state index < -0.39 is 0 Å². The maximum absolute atomic E-state index is 4.40. The Hall–Kier alpha value is -1.17. The standard InChI is InChI=1S/C19H30N4S/c1-21(11-6-7-19-20-10-14-22(19)2)15-17-8-9-18(24-17)16-23-12-4-3-5-13-23/h8-10,14H,3-7,11-13,15-16H2,1-2H3. The Bertz CT molecular complexity index is 612.